The average molecular weight is 270 g/mol. The minimum absolute atomic E-state index is 0.0358. The van der Waals surface area contributed by atoms with Crippen LogP contribution >= 0.6 is 0 Å². The highest BCUT2D eigenvalue weighted by molar-refractivity contribution is 5.77. The lowest BCUT2D eigenvalue weighted by Gasteiger charge is -2.35. The van der Waals surface area contributed by atoms with E-state index < -0.39 is 11.9 Å². The van der Waals surface area contributed by atoms with Crippen LogP contribution in [0.3, 0.4) is 0 Å². The van der Waals surface area contributed by atoms with Crippen LogP contribution in [0.25, 0.3) is 0 Å². The van der Waals surface area contributed by atoms with E-state index in [4.69, 9.17) is 10.2 Å². The maximum atomic E-state index is 12.3. The number of carbonyl (C=O) groups is 2. The predicted molar refractivity (Wildman–Crippen MR) is 68.7 cm³/mol. The summed E-state index contributed by atoms with van der Waals surface area (Å²) < 4.78 is 0. The molecule has 0 aromatic heterocycles. The highest BCUT2D eigenvalue weighted by atomic mass is 16.4. The normalized spacial score (nSPS) is 27.6. The molecule has 2 aliphatic rings. The van der Waals surface area contributed by atoms with E-state index in [1.807, 2.05) is 4.90 Å². The Kier molecular flexibility index (Phi) is 4.63. The number of likely N-dealkylation sites (tertiary alicyclic amines) is 2. The smallest absolute Gasteiger partial charge is 0.320 e. The summed E-state index contributed by atoms with van der Waals surface area (Å²) in [5.41, 5.74) is 0. The number of aliphatic carboxylic acids is 1. The van der Waals surface area contributed by atoms with Crippen LogP contribution in [0.5, 0.6) is 0 Å². The van der Waals surface area contributed by atoms with Crippen molar-refractivity contribution in [2.75, 3.05) is 32.8 Å². The first-order chi connectivity index (χ1) is 9.11. The Morgan fingerprint density at radius 1 is 1.11 bits per heavy atom. The largest absolute Gasteiger partial charge is 0.481 e. The van der Waals surface area contributed by atoms with Gasteiger partial charge in [0.1, 0.15) is 0 Å². The maximum Gasteiger partial charge on any atom is 0.320 e. The molecule has 0 radical (unpaired) electrons. The van der Waals surface area contributed by atoms with Gasteiger partial charge in [-0.2, -0.15) is 0 Å². The molecule has 19 heavy (non-hydrogen) atoms. The molecule has 0 saturated carbocycles. The third-order valence-electron chi connectivity index (χ3n) is 4.13. The van der Waals surface area contributed by atoms with Crippen molar-refractivity contribution in [3.63, 3.8) is 0 Å². The van der Waals surface area contributed by atoms with Crippen molar-refractivity contribution in [2.24, 2.45) is 11.8 Å². The number of carbonyl (C=O) groups excluding carboxylic acids is 1. The Labute approximate surface area is 113 Å². The number of piperidine rings is 1. The highest BCUT2D eigenvalue weighted by Gasteiger charge is 2.34. The fourth-order valence-corrected chi connectivity index (χ4v) is 2.99. The topological polar surface area (TPSA) is 81.1 Å². The molecule has 0 spiro atoms. The zero-order chi connectivity index (χ0) is 13.8. The number of nitrogens with zero attached hydrogens (tertiary/aromatic N) is 2. The molecule has 6 nitrogen and oxygen atoms in total. The lowest BCUT2D eigenvalue weighted by molar-refractivity contribution is -0.141. The van der Waals surface area contributed by atoms with Gasteiger partial charge in [-0.1, -0.05) is 0 Å². The Balaban J connectivity index is 1.87. The van der Waals surface area contributed by atoms with E-state index in [1.165, 1.54) is 0 Å². The number of amides is 2. The molecule has 0 aromatic carbocycles. The Bertz CT molecular complexity index is 346. The molecular weight excluding hydrogens is 248 g/mol. The Hall–Kier alpha value is -1.30. The summed E-state index contributed by atoms with van der Waals surface area (Å²) in [4.78, 5) is 26.7. The summed E-state index contributed by atoms with van der Waals surface area (Å²) in [5, 5.41) is 17.9. The fourth-order valence-electron chi connectivity index (χ4n) is 2.99. The summed E-state index contributed by atoms with van der Waals surface area (Å²) in [6, 6.07) is -0.0358. The van der Waals surface area contributed by atoms with Crippen LogP contribution in [0.1, 0.15) is 25.7 Å². The van der Waals surface area contributed by atoms with Crippen LogP contribution in [0.4, 0.5) is 4.79 Å². The van der Waals surface area contributed by atoms with Crippen molar-refractivity contribution in [1.82, 2.24) is 9.80 Å². The first-order valence-corrected chi connectivity index (χ1v) is 6.99. The monoisotopic (exact) mass is 270 g/mol. The number of hydrogen-bond donors (Lipinski definition) is 2. The summed E-state index contributed by atoms with van der Waals surface area (Å²) >= 11 is 0. The van der Waals surface area contributed by atoms with E-state index >= 15 is 0 Å². The molecule has 2 saturated heterocycles. The third kappa shape index (κ3) is 3.37. The van der Waals surface area contributed by atoms with Crippen LogP contribution in [0.15, 0.2) is 0 Å². The zero-order valence-corrected chi connectivity index (χ0v) is 11.1. The van der Waals surface area contributed by atoms with E-state index in [-0.39, 0.29) is 12.6 Å². The van der Waals surface area contributed by atoms with Gasteiger partial charge in [-0.25, -0.2) is 4.79 Å². The van der Waals surface area contributed by atoms with Crippen molar-refractivity contribution >= 4 is 12.0 Å². The molecule has 0 aromatic rings. The minimum Gasteiger partial charge on any atom is -0.481 e. The molecule has 108 valence electrons. The van der Waals surface area contributed by atoms with Crippen molar-refractivity contribution in [3.05, 3.63) is 0 Å². The molecule has 2 unspecified atom stereocenters. The quantitative estimate of drug-likeness (QED) is 0.787. The van der Waals surface area contributed by atoms with E-state index in [9.17, 15) is 9.59 Å². The number of aliphatic hydroxyl groups is 1. The van der Waals surface area contributed by atoms with Crippen molar-refractivity contribution < 1.29 is 19.8 Å². The molecular formula is C13H22N2O4. The molecule has 2 fully saturated rings. The molecule has 2 amide bonds. The summed E-state index contributed by atoms with van der Waals surface area (Å²) in [6.45, 7) is 2.46. The third-order valence-corrected chi connectivity index (χ3v) is 4.13. The van der Waals surface area contributed by atoms with E-state index in [0.29, 0.717) is 32.0 Å². The summed E-state index contributed by atoms with van der Waals surface area (Å²) in [7, 11) is 0. The number of rotatable bonds is 3. The van der Waals surface area contributed by atoms with Gasteiger partial charge in [0, 0.05) is 32.8 Å². The van der Waals surface area contributed by atoms with E-state index in [2.05, 4.69) is 0 Å². The van der Waals surface area contributed by atoms with Gasteiger partial charge in [0.25, 0.3) is 0 Å². The second-order valence-corrected chi connectivity index (χ2v) is 5.52. The van der Waals surface area contributed by atoms with Gasteiger partial charge in [0.15, 0.2) is 0 Å². The van der Waals surface area contributed by atoms with Crippen LogP contribution in [-0.4, -0.2) is 64.8 Å². The second-order valence-electron chi connectivity index (χ2n) is 5.52. The van der Waals surface area contributed by atoms with Crippen molar-refractivity contribution in [2.45, 2.75) is 25.7 Å². The Morgan fingerprint density at radius 3 is 2.47 bits per heavy atom. The first kappa shape index (κ1) is 14.1. The average Bonchev–Trinajstić information content (AvgIpc) is 2.88. The van der Waals surface area contributed by atoms with Crippen molar-refractivity contribution in [3.8, 4) is 0 Å². The van der Waals surface area contributed by atoms with E-state index in [1.54, 1.807) is 4.90 Å². The maximum absolute atomic E-state index is 12.3. The molecule has 2 rings (SSSR count). The van der Waals surface area contributed by atoms with Crippen LogP contribution in [0.2, 0.25) is 0 Å². The van der Waals surface area contributed by atoms with Gasteiger partial charge in [-0.3, -0.25) is 4.79 Å². The molecule has 2 atom stereocenters. The van der Waals surface area contributed by atoms with Gasteiger partial charge < -0.3 is 20.0 Å². The lowest BCUT2D eigenvalue weighted by atomic mass is 9.95. The Morgan fingerprint density at radius 2 is 1.84 bits per heavy atom. The SMILES string of the molecule is O=C(O)C1CCN(C(=O)N2CCCC(CCO)C2)C1. The van der Waals surface area contributed by atoms with Gasteiger partial charge in [0.05, 0.1) is 5.92 Å². The zero-order valence-electron chi connectivity index (χ0n) is 11.1. The fraction of sp³-hybridized carbons (Fsp3) is 0.846. The van der Waals surface area contributed by atoms with Crippen molar-refractivity contribution in [1.29, 1.82) is 0 Å². The van der Waals surface area contributed by atoms with Gasteiger partial charge in [-0.05, 0) is 31.6 Å². The molecule has 0 bridgehead atoms. The predicted octanol–water partition coefficient (Wildman–Crippen LogP) is 0.607. The molecule has 6 heteroatoms. The van der Waals surface area contributed by atoms with Gasteiger partial charge in [0.2, 0.25) is 0 Å². The number of urea groups is 1. The summed E-state index contributed by atoms with van der Waals surface area (Å²) in [6.07, 6.45) is 3.31. The minimum atomic E-state index is -0.813. The summed E-state index contributed by atoms with van der Waals surface area (Å²) in [5.74, 6) is -0.852. The van der Waals surface area contributed by atoms with Gasteiger partial charge in [-0.15, -0.1) is 0 Å². The van der Waals surface area contributed by atoms with E-state index in [0.717, 1.165) is 25.8 Å². The number of carboxylic acid groups (broad SMARTS) is 1. The number of hydrogen-bond acceptors (Lipinski definition) is 3. The first-order valence-electron chi connectivity index (χ1n) is 6.99. The van der Waals surface area contributed by atoms with Gasteiger partial charge >= 0.3 is 12.0 Å². The van der Waals surface area contributed by atoms with Crippen LogP contribution < -0.4 is 0 Å². The second kappa shape index (κ2) is 6.23. The number of carboxylic acids is 1. The van der Waals surface area contributed by atoms with Crippen LogP contribution in [0, 0.1) is 11.8 Å². The van der Waals surface area contributed by atoms with Crippen LogP contribution in [-0.2, 0) is 4.79 Å². The molecule has 0 aliphatic carbocycles. The lowest BCUT2D eigenvalue weighted by Crippen LogP contribution is -2.47. The molecule has 2 N–H and O–H groups in total. The highest BCUT2D eigenvalue weighted by Crippen LogP contribution is 2.23. The number of aliphatic hydroxyl groups excluding tert-OH is 1. The molecule has 2 aliphatic heterocycles. The standard InChI is InChI=1S/C13H22N2O4/c16-7-4-10-2-1-5-14(8-10)13(19)15-6-3-11(9-15)12(17)18/h10-11,16H,1-9H2,(H,17,18). The molecule has 2 heterocycles.